The van der Waals surface area contributed by atoms with Crippen LogP contribution in [-0.2, 0) is 32.7 Å². The quantitative estimate of drug-likeness (QED) is 0.0247. The van der Waals surface area contributed by atoms with Gasteiger partial charge in [-0.1, -0.05) is 131 Å². The lowest BCUT2D eigenvalue weighted by Crippen LogP contribution is -2.34. The zero-order valence-electron chi connectivity index (χ0n) is 31.9. The van der Waals surface area contributed by atoms with E-state index in [-0.39, 0.29) is 13.0 Å². The second-order valence-corrected chi connectivity index (χ2v) is 13.8. The number of rotatable bonds is 35. The Morgan fingerprint density at radius 3 is 1.67 bits per heavy atom. The van der Waals surface area contributed by atoms with Crippen LogP contribution in [0.15, 0.2) is 85.1 Å². The standard InChI is InChI=1S/C41H68NO9P/c1-3-5-7-9-11-13-15-17-19-20-22-24-26-28-30-32-34-48-35-38(36-49-52(46,47)50-37-39(42)41(44)45)51-40(43)33-31-29-27-25-23-21-18-16-14-12-10-8-6-4-2/h5,7,10-13,16-19,22,24,28,30,38-39H,3-4,6,8-9,14-15,20-21,23,25-27,29,31-37,42H2,1-2H3,(H,44,45)(H,46,47)/b7-5-,12-10-,13-11-,18-16-,19-17-,24-22-,30-28-. The largest absolute Gasteiger partial charge is 0.480 e. The summed E-state index contributed by atoms with van der Waals surface area (Å²) in [5.74, 6) is -1.84. The maximum atomic E-state index is 12.6. The summed E-state index contributed by atoms with van der Waals surface area (Å²) in [5, 5.41) is 8.87. The van der Waals surface area contributed by atoms with Gasteiger partial charge >= 0.3 is 19.8 Å². The molecule has 4 N–H and O–H groups in total. The number of carbonyl (C=O) groups excluding carboxylic acids is 1. The van der Waals surface area contributed by atoms with E-state index in [0.717, 1.165) is 77.0 Å². The molecule has 296 valence electrons. The zero-order valence-corrected chi connectivity index (χ0v) is 32.8. The first kappa shape index (κ1) is 49.1. The summed E-state index contributed by atoms with van der Waals surface area (Å²) in [6.45, 7) is 3.44. The summed E-state index contributed by atoms with van der Waals surface area (Å²) in [4.78, 5) is 33.4. The fourth-order valence-corrected chi connectivity index (χ4v) is 5.22. The topological polar surface area (TPSA) is 155 Å². The minimum Gasteiger partial charge on any atom is -0.480 e. The number of phosphoric acid groups is 1. The van der Waals surface area contributed by atoms with Crippen molar-refractivity contribution < 1.29 is 42.7 Å². The number of ether oxygens (including phenoxy) is 2. The van der Waals surface area contributed by atoms with Crippen LogP contribution in [0, 0.1) is 0 Å². The highest BCUT2D eigenvalue weighted by Gasteiger charge is 2.27. The van der Waals surface area contributed by atoms with Crippen LogP contribution in [0.25, 0.3) is 0 Å². The number of carboxylic acid groups (broad SMARTS) is 1. The predicted molar refractivity (Wildman–Crippen MR) is 212 cm³/mol. The molecule has 0 rings (SSSR count). The molecule has 0 aliphatic rings. The fraction of sp³-hybridized carbons (Fsp3) is 0.610. The number of unbranched alkanes of at least 4 members (excludes halogenated alkanes) is 7. The summed E-state index contributed by atoms with van der Waals surface area (Å²) < 4.78 is 33.1. The van der Waals surface area contributed by atoms with Crippen molar-refractivity contribution in [1.29, 1.82) is 0 Å². The Kier molecular flexibility index (Phi) is 34.5. The highest BCUT2D eigenvalue weighted by molar-refractivity contribution is 7.47. The molecule has 0 aromatic carbocycles. The van der Waals surface area contributed by atoms with Crippen molar-refractivity contribution in [2.75, 3.05) is 26.4 Å². The Hall–Kier alpha value is -2.85. The van der Waals surface area contributed by atoms with Crippen molar-refractivity contribution in [1.82, 2.24) is 0 Å². The van der Waals surface area contributed by atoms with Gasteiger partial charge in [0.1, 0.15) is 12.1 Å². The molecular weight excluding hydrogens is 681 g/mol. The van der Waals surface area contributed by atoms with Crippen molar-refractivity contribution in [3.8, 4) is 0 Å². The van der Waals surface area contributed by atoms with Crippen molar-refractivity contribution in [2.24, 2.45) is 5.73 Å². The lowest BCUT2D eigenvalue weighted by molar-refractivity contribution is -0.154. The van der Waals surface area contributed by atoms with E-state index < -0.39 is 45.1 Å². The second kappa shape index (κ2) is 36.5. The smallest absolute Gasteiger partial charge is 0.472 e. The highest BCUT2D eigenvalue weighted by atomic mass is 31.2. The normalized spacial score (nSPS) is 15.0. The van der Waals surface area contributed by atoms with E-state index in [9.17, 15) is 19.0 Å². The summed E-state index contributed by atoms with van der Waals surface area (Å²) in [6, 6.07) is -1.49. The number of nitrogens with two attached hydrogens (primary N) is 1. The molecule has 0 aliphatic carbocycles. The van der Waals surface area contributed by atoms with Crippen molar-refractivity contribution in [2.45, 2.75) is 135 Å². The van der Waals surface area contributed by atoms with Gasteiger partial charge in [0, 0.05) is 6.42 Å². The molecule has 0 bridgehead atoms. The molecule has 0 radical (unpaired) electrons. The first-order valence-electron chi connectivity index (χ1n) is 19.1. The van der Waals surface area contributed by atoms with E-state index in [1.807, 2.05) is 12.2 Å². The van der Waals surface area contributed by atoms with Crippen LogP contribution < -0.4 is 5.73 Å². The van der Waals surface area contributed by atoms with Gasteiger partial charge in [-0.3, -0.25) is 18.6 Å². The van der Waals surface area contributed by atoms with Gasteiger partial charge in [0.15, 0.2) is 0 Å². The van der Waals surface area contributed by atoms with Gasteiger partial charge in [0.05, 0.1) is 26.4 Å². The molecule has 0 fully saturated rings. The predicted octanol–water partition coefficient (Wildman–Crippen LogP) is 10.0. The third kappa shape index (κ3) is 35.5. The number of aliphatic carboxylic acids is 1. The lowest BCUT2D eigenvalue weighted by Gasteiger charge is -2.20. The fourth-order valence-electron chi connectivity index (χ4n) is 4.45. The molecule has 0 saturated heterocycles. The monoisotopic (exact) mass is 749 g/mol. The number of carbonyl (C=O) groups is 2. The van der Waals surface area contributed by atoms with E-state index in [1.165, 1.54) is 12.8 Å². The third-order valence-electron chi connectivity index (χ3n) is 7.43. The molecule has 3 atom stereocenters. The lowest BCUT2D eigenvalue weighted by atomic mass is 10.1. The minimum absolute atomic E-state index is 0.0485. The number of allylic oxidation sites excluding steroid dienone is 13. The molecule has 0 amide bonds. The van der Waals surface area contributed by atoms with Crippen molar-refractivity contribution in [3.63, 3.8) is 0 Å². The van der Waals surface area contributed by atoms with Crippen LogP contribution >= 0.6 is 7.82 Å². The number of carboxylic acids is 1. The molecule has 0 aromatic rings. The van der Waals surface area contributed by atoms with Crippen molar-refractivity contribution >= 4 is 19.8 Å². The van der Waals surface area contributed by atoms with Gasteiger partial charge in [0.25, 0.3) is 0 Å². The van der Waals surface area contributed by atoms with E-state index in [1.54, 1.807) is 0 Å². The average Bonchev–Trinajstić information content (AvgIpc) is 3.12. The van der Waals surface area contributed by atoms with Gasteiger partial charge in [-0.25, -0.2) is 4.57 Å². The molecule has 10 nitrogen and oxygen atoms in total. The maximum absolute atomic E-state index is 12.6. The van der Waals surface area contributed by atoms with Gasteiger partial charge in [-0.05, 0) is 70.6 Å². The number of hydrogen-bond donors (Lipinski definition) is 3. The molecule has 52 heavy (non-hydrogen) atoms. The summed E-state index contributed by atoms with van der Waals surface area (Å²) in [5.41, 5.74) is 5.33. The van der Waals surface area contributed by atoms with Gasteiger partial charge in [0.2, 0.25) is 0 Å². The summed E-state index contributed by atoms with van der Waals surface area (Å²) >= 11 is 0. The molecule has 11 heteroatoms. The molecule has 0 saturated carbocycles. The number of esters is 1. The maximum Gasteiger partial charge on any atom is 0.472 e. The van der Waals surface area contributed by atoms with E-state index in [0.29, 0.717) is 19.4 Å². The Labute approximate surface area is 314 Å². The second-order valence-electron chi connectivity index (χ2n) is 12.3. The SMILES string of the molecule is CC/C=C\C/C=C\C/C=C\C/C=C\C/C=C\CCOCC(COP(=O)(O)OCC(N)C(=O)O)OC(=O)CCCCCCC/C=C\C/C=C\CCCC. The van der Waals surface area contributed by atoms with Gasteiger partial charge < -0.3 is 25.2 Å². The number of hydrogen-bond acceptors (Lipinski definition) is 8. The van der Waals surface area contributed by atoms with E-state index in [4.69, 9.17) is 24.8 Å². The average molecular weight is 750 g/mol. The van der Waals surface area contributed by atoms with Crippen LogP contribution in [0.1, 0.15) is 123 Å². The first-order valence-corrected chi connectivity index (χ1v) is 20.6. The zero-order chi connectivity index (χ0) is 38.4. The Bertz CT molecular complexity index is 1140. The highest BCUT2D eigenvalue weighted by Crippen LogP contribution is 2.43. The molecular formula is C41H68NO9P. The Morgan fingerprint density at radius 2 is 1.12 bits per heavy atom. The van der Waals surface area contributed by atoms with E-state index in [2.05, 4.69) is 91.3 Å². The first-order chi connectivity index (χ1) is 25.2. The van der Waals surface area contributed by atoms with Crippen molar-refractivity contribution in [3.05, 3.63) is 85.1 Å². The third-order valence-corrected chi connectivity index (χ3v) is 8.38. The van der Waals surface area contributed by atoms with Crippen LogP contribution in [0.5, 0.6) is 0 Å². The Morgan fingerprint density at radius 1 is 0.635 bits per heavy atom. The van der Waals surface area contributed by atoms with Crippen LogP contribution in [-0.4, -0.2) is 60.5 Å². The number of phosphoric ester groups is 1. The molecule has 0 aliphatic heterocycles. The van der Waals surface area contributed by atoms with Crippen LogP contribution in [0.3, 0.4) is 0 Å². The van der Waals surface area contributed by atoms with Crippen LogP contribution in [0.4, 0.5) is 0 Å². The van der Waals surface area contributed by atoms with Crippen LogP contribution in [0.2, 0.25) is 0 Å². The molecule has 0 spiro atoms. The van der Waals surface area contributed by atoms with E-state index >= 15 is 0 Å². The summed E-state index contributed by atoms with van der Waals surface area (Å²) in [6.07, 6.45) is 45.2. The van der Waals surface area contributed by atoms with Gasteiger partial charge in [-0.2, -0.15) is 0 Å². The van der Waals surface area contributed by atoms with Gasteiger partial charge in [-0.15, -0.1) is 0 Å². The molecule has 3 unspecified atom stereocenters. The summed E-state index contributed by atoms with van der Waals surface area (Å²) in [7, 11) is -4.64. The molecule has 0 heterocycles. The Balaban J connectivity index is 4.48. The minimum atomic E-state index is -4.64. The molecule has 0 aromatic heterocycles.